The minimum Gasteiger partial charge on any atom is -0.475 e. The summed E-state index contributed by atoms with van der Waals surface area (Å²) in [6, 6.07) is 3.10. The third-order valence-electron chi connectivity index (χ3n) is 5.03. The van der Waals surface area contributed by atoms with Crippen molar-refractivity contribution in [3.05, 3.63) is 28.2 Å². The number of halogens is 3. The van der Waals surface area contributed by atoms with Gasteiger partial charge in [0.05, 0.1) is 18.8 Å². The zero-order chi connectivity index (χ0) is 21.2. The molecular formula is C17H21F3N4O5. The van der Waals surface area contributed by atoms with Crippen LogP contribution in [0.5, 0.6) is 0 Å². The molecule has 1 aromatic rings. The van der Waals surface area contributed by atoms with E-state index in [4.69, 9.17) is 14.6 Å². The van der Waals surface area contributed by atoms with Crippen molar-refractivity contribution < 1.29 is 32.6 Å². The summed E-state index contributed by atoms with van der Waals surface area (Å²) in [4.78, 5) is 36.7. The van der Waals surface area contributed by atoms with Gasteiger partial charge < -0.3 is 14.7 Å². The molecule has 0 spiro atoms. The summed E-state index contributed by atoms with van der Waals surface area (Å²) >= 11 is 0. The molecule has 0 aromatic carbocycles. The van der Waals surface area contributed by atoms with Gasteiger partial charge in [0.1, 0.15) is 5.69 Å². The van der Waals surface area contributed by atoms with Crippen LogP contribution in [0.2, 0.25) is 0 Å². The van der Waals surface area contributed by atoms with Gasteiger partial charge in [-0.05, 0) is 24.8 Å². The van der Waals surface area contributed by atoms with Crippen LogP contribution in [0.25, 0.3) is 0 Å². The molecule has 2 atom stereocenters. The minimum atomic E-state index is -5.08. The van der Waals surface area contributed by atoms with Crippen molar-refractivity contribution in [2.75, 3.05) is 32.8 Å². The Labute approximate surface area is 163 Å². The zero-order valence-electron chi connectivity index (χ0n) is 15.4. The molecule has 2 aliphatic heterocycles. The van der Waals surface area contributed by atoms with E-state index in [0.29, 0.717) is 19.1 Å². The Morgan fingerprint density at radius 1 is 1.28 bits per heavy atom. The van der Waals surface area contributed by atoms with Gasteiger partial charge in [0, 0.05) is 32.2 Å². The quantitative estimate of drug-likeness (QED) is 0.727. The Balaban J connectivity index is 0.000000298. The number of carboxylic acid groups (broad SMARTS) is 1. The lowest BCUT2D eigenvalue weighted by atomic mass is 10.1. The first-order valence-electron chi connectivity index (χ1n) is 9.16. The number of rotatable bonds is 3. The van der Waals surface area contributed by atoms with Gasteiger partial charge in [-0.2, -0.15) is 18.3 Å². The molecule has 1 aliphatic carbocycles. The number of morpholine rings is 1. The lowest BCUT2D eigenvalue weighted by Gasteiger charge is -2.36. The van der Waals surface area contributed by atoms with E-state index in [1.54, 1.807) is 4.90 Å². The Kier molecular flexibility index (Phi) is 6.22. The number of carbonyl (C=O) groups excluding carboxylic acids is 1. The van der Waals surface area contributed by atoms with Gasteiger partial charge in [0.25, 0.3) is 11.5 Å². The van der Waals surface area contributed by atoms with Crippen LogP contribution in [0.1, 0.15) is 23.3 Å². The maximum absolute atomic E-state index is 12.5. The van der Waals surface area contributed by atoms with E-state index in [0.717, 1.165) is 25.6 Å². The van der Waals surface area contributed by atoms with Gasteiger partial charge in [-0.25, -0.2) is 9.89 Å². The molecule has 1 amide bonds. The molecule has 9 nitrogen and oxygen atoms in total. The van der Waals surface area contributed by atoms with Crippen molar-refractivity contribution in [2.45, 2.75) is 31.2 Å². The van der Waals surface area contributed by atoms with Crippen LogP contribution in [0.3, 0.4) is 0 Å². The highest BCUT2D eigenvalue weighted by Crippen LogP contribution is 2.33. The van der Waals surface area contributed by atoms with E-state index >= 15 is 0 Å². The second-order valence-corrected chi connectivity index (χ2v) is 7.23. The Morgan fingerprint density at radius 3 is 2.52 bits per heavy atom. The summed E-state index contributed by atoms with van der Waals surface area (Å²) in [6.45, 7) is 4.11. The summed E-state index contributed by atoms with van der Waals surface area (Å²) in [7, 11) is 0. The van der Waals surface area contributed by atoms with Crippen LogP contribution < -0.4 is 5.56 Å². The molecule has 3 fully saturated rings. The van der Waals surface area contributed by atoms with Crippen molar-refractivity contribution in [1.29, 1.82) is 0 Å². The van der Waals surface area contributed by atoms with E-state index in [1.807, 2.05) is 0 Å². The van der Waals surface area contributed by atoms with Crippen LogP contribution in [-0.4, -0.2) is 88.1 Å². The number of amides is 1. The second kappa shape index (κ2) is 8.49. The number of carboxylic acids is 1. The number of hydrogen-bond donors (Lipinski definition) is 2. The number of carbonyl (C=O) groups is 2. The number of H-pyrrole nitrogens is 1. The number of aliphatic carboxylic acids is 1. The van der Waals surface area contributed by atoms with Gasteiger partial charge in [0.2, 0.25) is 0 Å². The SMILES string of the molecule is O=C(O)C(F)(F)F.O=C(c1ccc(=O)[nH]n1)N1C[C@@H]2OCCN(CC3CC3)[C@@H]2C1. The number of nitrogens with zero attached hydrogens (tertiary/aromatic N) is 3. The molecule has 1 saturated carbocycles. The summed E-state index contributed by atoms with van der Waals surface area (Å²) in [5.41, 5.74) is -0.0161. The molecular weight excluding hydrogens is 397 g/mol. The Bertz CT molecular complexity index is 790. The molecule has 0 bridgehead atoms. The standard InChI is InChI=1S/C15H20N4O3.C2HF3O2/c20-14-4-3-11(16-17-14)15(21)19-8-12-13(9-19)22-6-5-18(12)7-10-1-2-10;3-2(4,5)1(6)7/h3-4,10,12-13H,1-2,5-9H2,(H,17,20);(H,6,7)/t12-,13+;/m1./s1. The molecule has 1 aromatic heterocycles. The number of nitrogens with one attached hydrogen (secondary N) is 1. The van der Waals surface area contributed by atoms with E-state index in [1.165, 1.54) is 25.0 Å². The highest BCUT2D eigenvalue weighted by Gasteiger charge is 2.43. The summed E-state index contributed by atoms with van der Waals surface area (Å²) < 4.78 is 37.6. The smallest absolute Gasteiger partial charge is 0.475 e. The largest absolute Gasteiger partial charge is 0.490 e. The number of ether oxygens (including phenoxy) is 1. The van der Waals surface area contributed by atoms with Crippen LogP contribution in [0, 0.1) is 5.92 Å². The third kappa shape index (κ3) is 5.54. The van der Waals surface area contributed by atoms with Crippen LogP contribution in [0.15, 0.2) is 16.9 Å². The van der Waals surface area contributed by atoms with E-state index in [2.05, 4.69) is 15.1 Å². The number of aromatic nitrogens is 2. The maximum atomic E-state index is 12.5. The first-order valence-corrected chi connectivity index (χ1v) is 9.16. The molecule has 3 aliphatic rings. The summed E-state index contributed by atoms with van der Waals surface area (Å²) in [5, 5.41) is 13.3. The number of likely N-dealkylation sites (tertiary alicyclic amines) is 1. The van der Waals surface area contributed by atoms with Gasteiger partial charge in [-0.3, -0.25) is 14.5 Å². The lowest BCUT2D eigenvalue weighted by Crippen LogP contribution is -2.51. The fraction of sp³-hybridized carbons (Fsp3) is 0.647. The second-order valence-electron chi connectivity index (χ2n) is 7.23. The fourth-order valence-electron chi connectivity index (χ4n) is 3.41. The molecule has 4 rings (SSSR count). The molecule has 0 radical (unpaired) electrons. The number of hydrogen-bond acceptors (Lipinski definition) is 6. The zero-order valence-corrected chi connectivity index (χ0v) is 15.4. The average Bonchev–Trinajstić information content (AvgIpc) is 3.36. The highest BCUT2D eigenvalue weighted by atomic mass is 19.4. The van der Waals surface area contributed by atoms with Crippen molar-refractivity contribution >= 4 is 11.9 Å². The van der Waals surface area contributed by atoms with Crippen molar-refractivity contribution in [2.24, 2.45) is 5.92 Å². The van der Waals surface area contributed by atoms with Crippen molar-refractivity contribution in [3.63, 3.8) is 0 Å². The number of fused-ring (bicyclic) bond motifs is 1. The molecule has 12 heteroatoms. The normalized spacial score (nSPS) is 24.4. The van der Waals surface area contributed by atoms with E-state index in [9.17, 15) is 22.8 Å². The summed E-state index contributed by atoms with van der Waals surface area (Å²) in [5.74, 6) is -2.06. The fourth-order valence-corrected chi connectivity index (χ4v) is 3.41. The first-order chi connectivity index (χ1) is 13.6. The topological polar surface area (TPSA) is 116 Å². The summed E-state index contributed by atoms with van der Waals surface area (Å²) in [6.07, 6.45) is -2.32. The molecule has 3 heterocycles. The Hall–Kier alpha value is -2.47. The highest BCUT2D eigenvalue weighted by molar-refractivity contribution is 5.92. The predicted octanol–water partition coefficient (Wildman–Crippen LogP) is 0.338. The van der Waals surface area contributed by atoms with Crippen molar-refractivity contribution in [1.82, 2.24) is 20.0 Å². The van der Waals surface area contributed by atoms with Crippen molar-refractivity contribution in [3.8, 4) is 0 Å². The number of aromatic amines is 1. The van der Waals surface area contributed by atoms with E-state index in [-0.39, 0.29) is 23.3 Å². The van der Waals surface area contributed by atoms with Gasteiger partial charge in [0.15, 0.2) is 0 Å². The lowest BCUT2D eigenvalue weighted by molar-refractivity contribution is -0.192. The van der Waals surface area contributed by atoms with Gasteiger partial charge in [-0.15, -0.1) is 0 Å². The monoisotopic (exact) mass is 418 g/mol. The number of alkyl halides is 3. The maximum Gasteiger partial charge on any atom is 0.490 e. The molecule has 2 saturated heterocycles. The molecule has 29 heavy (non-hydrogen) atoms. The Morgan fingerprint density at radius 2 is 1.97 bits per heavy atom. The van der Waals surface area contributed by atoms with E-state index < -0.39 is 12.1 Å². The molecule has 0 unspecified atom stereocenters. The average molecular weight is 418 g/mol. The van der Waals surface area contributed by atoms with Crippen LogP contribution >= 0.6 is 0 Å². The minimum absolute atomic E-state index is 0.0965. The third-order valence-corrected chi connectivity index (χ3v) is 5.03. The molecule has 160 valence electrons. The van der Waals surface area contributed by atoms with Gasteiger partial charge >= 0.3 is 12.1 Å². The van der Waals surface area contributed by atoms with Crippen LogP contribution in [-0.2, 0) is 9.53 Å². The predicted molar refractivity (Wildman–Crippen MR) is 92.3 cm³/mol. The van der Waals surface area contributed by atoms with Gasteiger partial charge in [-0.1, -0.05) is 0 Å². The van der Waals surface area contributed by atoms with Crippen LogP contribution in [0.4, 0.5) is 13.2 Å². The first kappa shape index (κ1) is 21.2. The molecule has 2 N–H and O–H groups in total.